The number of hydrogen-bond acceptors (Lipinski definition) is 12. The molecule has 2 atom stereocenters. The molecule has 56 heavy (non-hydrogen) atoms. The lowest BCUT2D eigenvalue weighted by molar-refractivity contribution is 0.148. The van der Waals surface area contributed by atoms with E-state index in [0.29, 0.717) is 25.1 Å². The molecule has 2 aliphatic rings. The Balaban J connectivity index is 0.999. The molecule has 5 aromatic heterocycles. The quantitative estimate of drug-likeness (QED) is 0.101. The van der Waals surface area contributed by atoms with Crippen molar-refractivity contribution in [3.8, 4) is 39.4 Å². The van der Waals surface area contributed by atoms with Gasteiger partial charge >= 0.3 is 0 Å². The molecule has 1 aromatic carbocycles. The number of pyridine rings is 2. The van der Waals surface area contributed by atoms with Crippen molar-refractivity contribution in [1.29, 1.82) is 0 Å². The summed E-state index contributed by atoms with van der Waals surface area (Å²) in [6, 6.07) is 16.5. The summed E-state index contributed by atoms with van der Waals surface area (Å²) in [4.78, 5) is 32.6. The molecule has 7 heterocycles. The molecule has 13 nitrogen and oxygen atoms in total. The van der Waals surface area contributed by atoms with E-state index in [-0.39, 0.29) is 12.1 Å². The summed E-state index contributed by atoms with van der Waals surface area (Å²) >= 11 is 0. The lowest BCUT2D eigenvalue weighted by Crippen LogP contribution is -2.56. The van der Waals surface area contributed by atoms with Crippen molar-refractivity contribution in [2.45, 2.75) is 58.2 Å². The van der Waals surface area contributed by atoms with Gasteiger partial charge in [0, 0.05) is 103 Å². The minimum absolute atomic E-state index is 0.0565. The summed E-state index contributed by atoms with van der Waals surface area (Å²) < 4.78 is 14.4. The van der Waals surface area contributed by atoms with E-state index in [1.165, 1.54) is 5.56 Å². The fourth-order valence-corrected chi connectivity index (χ4v) is 8.13. The largest absolute Gasteiger partial charge is 0.492 e. The normalized spacial score (nSPS) is 17.8. The highest BCUT2D eigenvalue weighted by molar-refractivity contribution is 5.62. The second kappa shape index (κ2) is 17.3. The number of rotatable bonds is 13. The van der Waals surface area contributed by atoms with Crippen molar-refractivity contribution < 1.29 is 9.47 Å². The van der Waals surface area contributed by atoms with Crippen LogP contribution in [0.25, 0.3) is 27.9 Å². The molecule has 8 rings (SSSR count). The molecule has 6 aromatic rings. The number of aromatic nitrogens is 7. The number of piperidine rings is 2. The summed E-state index contributed by atoms with van der Waals surface area (Å²) in [6.45, 7) is 8.73. The Morgan fingerprint density at radius 1 is 0.714 bits per heavy atom. The molecule has 0 radical (unpaired) electrons. The van der Waals surface area contributed by atoms with Gasteiger partial charge in [-0.05, 0) is 100 Å². The minimum Gasteiger partial charge on any atom is -0.492 e. The van der Waals surface area contributed by atoms with Crippen LogP contribution < -0.4 is 25.2 Å². The number of nitrogens with zero attached hydrogens (tertiary/aromatic N) is 10. The van der Waals surface area contributed by atoms with Gasteiger partial charge in [0.15, 0.2) is 0 Å². The maximum Gasteiger partial charge on any atom is 0.240 e. The van der Waals surface area contributed by atoms with E-state index in [0.717, 1.165) is 97.3 Å². The van der Waals surface area contributed by atoms with E-state index in [1.54, 1.807) is 17.4 Å². The van der Waals surface area contributed by atoms with Gasteiger partial charge in [0.05, 0.1) is 19.3 Å². The molecule has 0 saturated carbocycles. The monoisotopic (exact) mass is 751 g/mol. The zero-order chi connectivity index (χ0) is 38.3. The third-order valence-electron chi connectivity index (χ3n) is 10.9. The first-order chi connectivity index (χ1) is 27.6. The first-order valence-corrected chi connectivity index (χ1v) is 19.6. The van der Waals surface area contributed by atoms with Crippen LogP contribution in [0.4, 0.5) is 11.9 Å². The molecule has 2 aliphatic heterocycles. The molecule has 2 N–H and O–H groups in total. The second-order valence-corrected chi connectivity index (χ2v) is 14.4. The second-order valence-electron chi connectivity index (χ2n) is 14.4. The number of hydrogen-bond donors (Lipinski definition) is 1. The Bertz CT molecular complexity index is 2100. The van der Waals surface area contributed by atoms with Crippen LogP contribution in [0.1, 0.15) is 45.1 Å². The van der Waals surface area contributed by atoms with Gasteiger partial charge in [-0.15, -0.1) is 0 Å². The Hall–Kier alpha value is -5.92. The van der Waals surface area contributed by atoms with Gasteiger partial charge in [0.2, 0.25) is 11.9 Å². The third kappa shape index (κ3) is 8.19. The maximum absolute atomic E-state index is 6.85. The summed E-state index contributed by atoms with van der Waals surface area (Å²) in [5.74, 6) is 10.2. The highest BCUT2D eigenvalue weighted by Gasteiger charge is 2.39. The van der Waals surface area contributed by atoms with Crippen molar-refractivity contribution in [2.75, 3.05) is 42.8 Å². The van der Waals surface area contributed by atoms with E-state index in [4.69, 9.17) is 25.3 Å². The fourth-order valence-electron chi connectivity index (χ4n) is 8.13. The van der Waals surface area contributed by atoms with E-state index in [9.17, 15) is 0 Å². The van der Waals surface area contributed by atoms with Crippen LogP contribution >= 0.6 is 0 Å². The van der Waals surface area contributed by atoms with Gasteiger partial charge < -0.3 is 18.9 Å². The van der Waals surface area contributed by atoms with E-state index in [2.05, 4.69) is 46.4 Å². The van der Waals surface area contributed by atoms with Crippen molar-refractivity contribution in [3.05, 3.63) is 116 Å². The van der Waals surface area contributed by atoms with Crippen molar-refractivity contribution >= 4 is 11.9 Å². The Labute approximate surface area is 328 Å². The van der Waals surface area contributed by atoms with Crippen LogP contribution in [0.2, 0.25) is 0 Å². The van der Waals surface area contributed by atoms with Gasteiger partial charge in [-0.3, -0.25) is 19.9 Å². The zero-order valence-electron chi connectivity index (χ0n) is 32.1. The van der Waals surface area contributed by atoms with E-state index >= 15 is 0 Å². The predicted octanol–water partition coefficient (Wildman–Crippen LogP) is 6.61. The topological polar surface area (TPSA) is 136 Å². The van der Waals surface area contributed by atoms with E-state index < -0.39 is 0 Å². The molecule has 13 heteroatoms. The molecular formula is C43H49N11O2. The fraction of sp³-hybridized carbons (Fsp3) is 0.349. The maximum atomic E-state index is 6.85. The summed E-state index contributed by atoms with van der Waals surface area (Å²) in [7, 11) is 0. The highest BCUT2D eigenvalue weighted by atomic mass is 16.5. The van der Waals surface area contributed by atoms with Crippen LogP contribution in [0.15, 0.2) is 110 Å². The van der Waals surface area contributed by atoms with Crippen LogP contribution in [-0.4, -0.2) is 84.3 Å². The first kappa shape index (κ1) is 37.0. The SMILES string of the molecule is CCOc1cc(CN2CCC(C3CC(N(N)c4ncc(-c5cccnc5)cn4)CCN3c3ncc(-c4cccnc4)cn3)CC2)cc(OCC)c1-n1cccc1. The number of nitrogens with two attached hydrogens (primary N) is 1. The van der Waals surface area contributed by atoms with E-state index in [1.807, 2.05) is 99.8 Å². The molecule has 0 aliphatic carbocycles. The van der Waals surface area contributed by atoms with Crippen molar-refractivity contribution in [1.82, 2.24) is 39.4 Å². The summed E-state index contributed by atoms with van der Waals surface area (Å²) in [5.41, 5.74) is 5.93. The van der Waals surface area contributed by atoms with Gasteiger partial charge in [-0.25, -0.2) is 25.8 Å². The molecular weight excluding hydrogens is 703 g/mol. The highest BCUT2D eigenvalue weighted by Crippen LogP contribution is 2.38. The lowest BCUT2D eigenvalue weighted by Gasteiger charge is -2.47. The van der Waals surface area contributed by atoms with Gasteiger partial charge in [0.1, 0.15) is 17.2 Å². The molecule has 0 bridgehead atoms. The third-order valence-corrected chi connectivity index (χ3v) is 10.9. The predicted molar refractivity (Wildman–Crippen MR) is 217 cm³/mol. The van der Waals surface area contributed by atoms with Gasteiger partial charge in [-0.1, -0.05) is 12.1 Å². The molecule has 2 unspecified atom stereocenters. The Morgan fingerprint density at radius 3 is 1.86 bits per heavy atom. The van der Waals surface area contributed by atoms with Crippen molar-refractivity contribution in [3.63, 3.8) is 0 Å². The molecule has 2 fully saturated rings. The summed E-state index contributed by atoms with van der Waals surface area (Å²) in [6.07, 6.45) is 22.5. The molecule has 2 saturated heterocycles. The number of likely N-dealkylation sites (tertiary alicyclic amines) is 1. The van der Waals surface area contributed by atoms with Crippen LogP contribution in [-0.2, 0) is 6.54 Å². The van der Waals surface area contributed by atoms with Crippen LogP contribution in [0.3, 0.4) is 0 Å². The average Bonchev–Trinajstić information content (AvgIpc) is 3.79. The summed E-state index contributed by atoms with van der Waals surface area (Å²) in [5, 5.41) is 1.77. The van der Waals surface area contributed by atoms with Crippen LogP contribution in [0.5, 0.6) is 11.5 Å². The lowest BCUT2D eigenvalue weighted by atomic mass is 9.82. The van der Waals surface area contributed by atoms with Crippen molar-refractivity contribution in [2.24, 2.45) is 11.8 Å². The number of ether oxygens (including phenoxy) is 2. The Morgan fingerprint density at radius 2 is 1.30 bits per heavy atom. The Kier molecular flexibility index (Phi) is 11.4. The van der Waals surface area contributed by atoms with Gasteiger partial charge in [-0.2, -0.15) is 0 Å². The number of hydrazine groups is 1. The molecule has 288 valence electrons. The zero-order valence-corrected chi connectivity index (χ0v) is 32.1. The van der Waals surface area contributed by atoms with Crippen LogP contribution in [0, 0.1) is 5.92 Å². The molecule has 0 spiro atoms. The van der Waals surface area contributed by atoms with Gasteiger partial charge in [0.25, 0.3) is 0 Å². The minimum atomic E-state index is 0.0565. The number of anilines is 2. The average molecular weight is 752 g/mol. The standard InChI is InChI=1S/C43H49N11O2/c1-3-55-39-21-31(22-40(56-4-2)41(39)52-16-5-6-17-52)30-51-18-11-32(12-19-51)38-23-37(54(44)43-49-28-36(29-50-43)34-10-8-15-46-25-34)13-20-53(38)42-47-26-35(27-48-42)33-9-7-14-45-24-33/h5-10,14-17,21-22,24-29,32,37-38H,3-4,11-13,18-20,23,30,44H2,1-2H3. The first-order valence-electron chi connectivity index (χ1n) is 19.6. The number of benzene rings is 1. The smallest absolute Gasteiger partial charge is 0.240 e. The molecule has 0 amide bonds.